The van der Waals surface area contributed by atoms with Crippen molar-refractivity contribution in [2.24, 2.45) is 0 Å². The highest BCUT2D eigenvalue weighted by Gasteiger charge is 2.16. The average Bonchev–Trinajstić information content (AvgIpc) is 2.76. The van der Waals surface area contributed by atoms with Crippen molar-refractivity contribution >= 4 is 32.3 Å². The summed E-state index contributed by atoms with van der Waals surface area (Å²) in [6.45, 7) is 2.81. The van der Waals surface area contributed by atoms with Crippen LogP contribution in [0, 0.1) is 0 Å². The zero-order valence-corrected chi connectivity index (χ0v) is 16.2. The molecule has 4 rings (SSSR count). The lowest BCUT2D eigenvalue weighted by molar-refractivity contribution is 0.262. The summed E-state index contributed by atoms with van der Waals surface area (Å²) in [6.07, 6.45) is 3.28. The number of hydrogen-bond donors (Lipinski definition) is 2. The van der Waals surface area contributed by atoms with Gasteiger partial charge in [0, 0.05) is 10.9 Å². The molecule has 3 nitrogen and oxygen atoms in total. The van der Waals surface area contributed by atoms with E-state index in [-0.39, 0.29) is 13.2 Å². The Bertz CT molecular complexity index is 1110. The second kappa shape index (κ2) is 8.17. The first kappa shape index (κ1) is 18.7. The van der Waals surface area contributed by atoms with E-state index in [4.69, 9.17) is 4.74 Å². The molecule has 0 aliphatic rings. The first-order valence-corrected chi connectivity index (χ1v) is 10.0. The minimum atomic E-state index is -0.0468. The topological polar surface area (TPSA) is 49.7 Å². The van der Waals surface area contributed by atoms with Crippen LogP contribution >= 0.6 is 0 Å². The molecule has 144 valence electrons. The highest BCUT2D eigenvalue weighted by Crippen LogP contribution is 2.41. The van der Waals surface area contributed by atoms with E-state index < -0.39 is 0 Å². The van der Waals surface area contributed by atoms with E-state index in [0.29, 0.717) is 6.61 Å². The summed E-state index contributed by atoms with van der Waals surface area (Å²) in [5.74, 6) is 0.792. The minimum absolute atomic E-state index is 0.0253. The molecule has 0 unspecified atom stereocenters. The third-order valence-corrected chi connectivity index (χ3v) is 5.45. The van der Waals surface area contributed by atoms with Gasteiger partial charge in [-0.05, 0) is 45.0 Å². The Kier molecular flexibility index (Phi) is 5.47. The van der Waals surface area contributed by atoms with Gasteiger partial charge in [0.05, 0.1) is 19.8 Å². The monoisotopic (exact) mass is 374 g/mol. The normalized spacial score (nSPS) is 11.5. The average molecular weight is 374 g/mol. The molecule has 28 heavy (non-hydrogen) atoms. The van der Waals surface area contributed by atoms with Gasteiger partial charge < -0.3 is 14.9 Å². The number of benzene rings is 4. The highest BCUT2D eigenvalue weighted by molar-refractivity contribution is 6.27. The van der Waals surface area contributed by atoms with Crippen molar-refractivity contribution in [2.75, 3.05) is 6.61 Å². The van der Waals surface area contributed by atoms with Crippen LogP contribution in [0.1, 0.15) is 37.3 Å². The van der Waals surface area contributed by atoms with Crippen LogP contribution in [-0.2, 0) is 13.2 Å². The highest BCUT2D eigenvalue weighted by atomic mass is 16.5. The maximum absolute atomic E-state index is 9.93. The van der Waals surface area contributed by atoms with Crippen LogP contribution in [0.2, 0.25) is 0 Å². The molecule has 0 aliphatic heterocycles. The molecule has 4 aromatic carbocycles. The lowest BCUT2D eigenvalue weighted by Crippen LogP contribution is -2.02. The van der Waals surface area contributed by atoms with E-state index in [1.165, 1.54) is 0 Å². The van der Waals surface area contributed by atoms with Gasteiger partial charge in [-0.1, -0.05) is 68.3 Å². The van der Waals surface area contributed by atoms with Gasteiger partial charge in [0.15, 0.2) is 0 Å². The largest absolute Gasteiger partial charge is 0.493 e. The number of aliphatic hydroxyl groups excluding tert-OH is 2. The lowest BCUT2D eigenvalue weighted by atomic mass is 9.91. The van der Waals surface area contributed by atoms with Crippen LogP contribution in [0.25, 0.3) is 32.3 Å². The zero-order valence-electron chi connectivity index (χ0n) is 16.2. The number of hydrogen-bond acceptors (Lipinski definition) is 3. The number of ether oxygens (including phenoxy) is 1. The minimum Gasteiger partial charge on any atom is -0.493 e. The second-order valence-corrected chi connectivity index (χ2v) is 7.27. The van der Waals surface area contributed by atoms with Crippen LogP contribution < -0.4 is 4.74 Å². The Morgan fingerprint density at radius 2 is 1.46 bits per heavy atom. The van der Waals surface area contributed by atoms with E-state index in [0.717, 1.165) is 68.5 Å². The molecule has 0 heterocycles. The Hall–Kier alpha value is -2.62. The summed E-state index contributed by atoms with van der Waals surface area (Å²) in [4.78, 5) is 0. The zero-order chi connectivity index (χ0) is 19.5. The van der Waals surface area contributed by atoms with Crippen molar-refractivity contribution in [3.05, 3.63) is 65.7 Å². The predicted octanol–water partition coefficient (Wildman–Crippen LogP) is 5.70. The summed E-state index contributed by atoms with van der Waals surface area (Å²) < 4.78 is 6.25. The van der Waals surface area contributed by atoms with E-state index >= 15 is 0 Å². The fourth-order valence-corrected chi connectivity index (χ4v) is 4.02. The van der Waals surface area contributed by atoms with E-state index in [9.17, 15) is 10.2 Å². The van der Waals surface area contributed by atoms with Crippen LogP contribution in [0.5, 0.6) is 5.75 Å². The Morgan fingerprint density at radius 3 is 2.21 bits per heavy atom. The third kappa shape index (κ3) is 3.21. The SMILES string of the molecule is CCCCCOc1c(CO)ccc2c3ccc(CO)cc3c3ccccc3c12. The van der Waals surface area contributed by atoms with E-state index in [2.05, 4.69) is 37.3 Å². The third-order valence-electron chi connectivity index (χ3n) is 5.45. The summed E-state index contributed by atoms with van der Waals surface area (Å²) in [6, 6.07) is 18.5. The van der Waals surface area contributed by atoms with Crippen LogP contribution in [0.3, 0.4) is 0 Å². The fourth-order valence-electron chi connectivity index (χ4n) is 4.02. The van der Waals surface area contributed by atoms with Gasteiger partial charge in [0.1, 0.15) is 5.75 Å². The molecule has 0 spiro atoms. The molecule has 0 saturated carbocycles. The van der Waals surface area contributed by atoms with Gasteiger partial charge in [-0.2, -0.15) is 0 Å². The van der Waals surface area contributed by atoms with Crippen molar-refractivity contribution in [2.45, 2.75) is 39.4 Å². The molecule has 3 heteroatoms. The fraction of sp³-hybridized carbons (Fsp3) is 0.280. The smallest absolute Gasteiger partial charge is 0.133 e. The van der Waals surface area contributed by atoms with Crippen LogP contribution in [0.4, 0.5) is 0 Å². The Morgan fingerprint density at radius 1 is 0.750 bits per heavy atom. The van der Waals surface area contributed by atoms with Crippen molar-refractivity contribution in [3.8, 4) is 5.75 Å². The van der Waals surface area contributed by atoms with Crippen molar-refractivity contribution < 1.29 is 14.9 Å². The molecule has 0 aliphatic carbocycles. The molecule has 0 bridgehead atoms. The number of aliphatic hydroxyl groups is 2. The van der Waals surface area contributed by atoms with E-state index in [1.54, 1.807) is 0 Å². The quantitative estimate of drug-likeness (QED) is 0.322. The second-order valence-electron chi connectivity index (χ2n) is 7.27. The summed E-state index contributed by atoms with van der Waals surface area (Å²) in [7, 11) is 0. The molecular weight excluding hydrogens is 348 g/mol. The van der Waals surface area contributed by atoms with Gasteiger partial charge in [-0.15, -0.1) is 0 Å². The number of fused-ring (bicyclic) bond motifs is 6. The van der Waals surface area contributed by atoms with E-state index in [1.807, 2.05) is 24.3 Å². The van der Waals surface area contributed by atoms with Gasteiger partial charge in [0.2, 0.25) is 0 Å². The summed E-state index contributed by atoms with van der Waals surface area (Å²) in [5, 5.41) is 26.2. The summed E-state index contributed by atoms with van der Waals surface area (Å²) >= 11 is 0. The molecule has 0 saturated heterocycles. The predicted molar refractivity (Wildman–Crippen MR) is 116 cm³/mol. The van der Waals surface area contributed by atoms with Crippen LogP contribution in [-0.4, -0.2) is 16.8 Å². The number of unbranched alkanes of at least 4 members (excludes halogenated alkanes) is 2. The molecular formula is C25H26O3. The molecule has 0 fully saturated rings. The Balaban J connectivity index is 2.05. The maximum Gasteiger partial charge on any atom is 0.133 e. The summed E-state index contributed by atoms with van der Waals surface area (Å²) in [5.41, 5.74) is 1.72. The van der Waals surface area contributed by atoms with Crippen LogP contribution in [0.15, 0.2) is 54.6 Å². The lowest BCUT2D eigenvalue weighted by Gasteiger charge is -2.18. The molecule has 0 atom stereocenters. The first-order chi connectivity index (χ1) is 13.8. The van der Waals surface area contributed by atoms with Gasteiger partial charge in [0.25, 0.3) is 0 Å². The van der Waals surface area contributed by atoms with Crippen molar-refractivity contribution in [1.29, 1.82) is 0 Å². The van der Waals surface area contributed by atoms with Crippen molar-refractivity contribution in [1.82, 2.24) is 0 Å². The number of rotatable bonds is 7. The van der Waals surface area contributed by atoms with Gasteiger partial charge >= 0.3 is 0 Å². The molecule has 0 aromatic heterocycles. The standard InChI is InChI=1S/C25H26O3/c1-2-3-6-13-28-25-18(16-27)10-12-22-20-11-9-17(15-26)14-23(20)19-7-4-5-8-21(19)24(22)25/h4-5,7-12,14,26-27H,2-3,6,13,15-16H2,1H3. The van der Waals surface area contributed by atoms with Gasteiger partial charge in [-0.3, -0.25) is 0 Å². The molecule has 0 radical (unpaired) electrons. The Labute approximate surface area is 165 Å². The first-order valence-electron chi connectivity index (χ1n) is 10.0. The molecule has 0 amide bonds. The maximum atomic E-state index is 9.93. The molecule has 2 N–H and O–H groups in total. The van der Waals surface area contributed by atoms with Crippen molar-refractivity contribution in [3.63, 3.8) is 0 Å². The van der Waals surface area contributed by atoms with Gasteiger partial charge in [-0.25, -0.2) is 0 Å². The molecule has 4 aromatic rings.